The minimum absolute atomic E-state index is 0.764. The van der Waals surface area contributed by atoms with Gasteiger partial charge < -0.3 is 4.90 Å². The summed E-state index contributed by atoms with van der Waals surface area (Å²) in [4.78, 5) is 2.63. The predicted molar refractivity (Wildman–Crippen MR) is 40.8 cm³/mol. The molecule has 1 nitrogen and oxygen atoms in total. The normalized spacial score (nSPS) is 58.5. The van der Waals surface area contributed by atoms with Crippen molar-refractivity contribution >= 4 is 0 Å². The van der Waals surface area contributed by atoms with Crippen molar-refractivity contribution in [3.8, 4) is 0 Å². The molecule has 10 heavy (non-hydrogen) atoms. The summed E-state index contributed by atoms with van der Waals surface area (Å²) in [6.45, 7) is 1.38. The molecule has 3 fully saturated rings. The molecule has 1 spiro atoms. The van der Waals surface area contributed by atoms with Crippen LogP contribution in [0.3, 0.4) is 0 Å². The predicted octanol–water partition coefficient (Wildman–Crippen LogP) is 1.49. The molecule has 3 atom stereocenters. The van der Waals surface area contributed by atoms with Crippen molar-refractivity contribution in [3.05, 3.63) is 0 Å². The lowest BCUT2D eigenvalue weighted by Crippen LogP contribution is -2.30. The van der Waals surface area contributed by atoms with E-state index in [9.17, 15) is 0 Å². The number of likely N-dealkylation sites (tertiary alicyclic amines) is 1. The molecule has 56 valence electrons. The number of piperidine rings is 1. The van der Waals surface area contributed by atoms with Crippen molar-refractivity contribution < 1.29 is 0 Å². The van der Waals surface area contributed by atoms with Crippen LogP contribution < -0.4 is 0 Å². The van der Waals surface area contributed by atoms with Crippen LogP contribution in [0.15, 0.2) is 0 Å². The van der Waals surface area contributed by atoms with E-state index in [1.807, 2.05) is 0 Å². The maximum Gasteiger partial charge on any atom is 0.0269 e. The van der Waals surface area contributed by atoms with E-state index in [-0.39, 0.29) is 0 Å². The van der Waals surface area contributed by atoms with Crippen LogP contribution in [0, 0.1) is 11.8 Å². The molecule has 0 aromatic heterocycles. The van der Waals surface area contributed by atoms with Gasteiger partial charge in [-0.05, 0) is 44.7 Å². The van der Waals surface area contributed by atoms with E-state index >= 15 is 0 Å². The number of nitrogens with zero attached hydrogens (tertiary/aromatic N) is 1. The molecule has 0 aromatic rings. The van der Waals surface area contributed by atoms with Crippen molar-refractivity contribution in [3.63, 3.8) is 0 Å². The van der Waals surface area contributed by atoms with Gasteiger partial charge in [0.05, 0.1) is 0 Å². The number of hydrogen-bond acceptors (Lipinski definition) is 1. The fourth-order valence-electron chi connectivity index (χ4n) is 3.76. The molecule has 0 bridgehead atoms. The number of hydrogen-bond donors (Lipinski definition) is 0. The van der Waals surface area contributed by atoms with Gasteiger partial charge in [-0.25, -0.2) is 0 Å². The van der Waals surface area contributed by atoms with Crippen molar-refractivity contribution in [2.75, 3.05) is 13.6 Å². The minimum Gasteiger partial charge on any atom is -0.300 e. The highest BCUT2D eigenvalue weighted by Gasteiger charge is 2.70. The van der Waals surface area contributed by atoms with Gasteiger partial charge in [-0.15, -0.1) is 0 Å². The fraction of sp³-hybridized carbons (Fsp3) is 1.00. The molecule has 3 aliphatic rings. The Hall–Kier alpha value is -0.0400. The zero-order chi connectivity index (χ0) is 6.77. The first-order valence-electron chi connectivity index (χ1n) is 4.57. The Labute approximate surface area is 62.4 Å². The van der Waals surface area contributed by atoms with Crippen LogP contribution in [0.5, 0.6) is 0 Å². The topological polar surface area (TPSA) is 3.24 Å². The lowest BCUT2D eigenvalue weighted by molar-refractivity contribution is 0.248. The van der Waals surface area contributed by atoms with Crippen LogP contribution in [0.25, 0.3) is 0 Å². The van der Waals surface area contributed by atoms with E-state index in [1.54, 1.807) is 0 Å². The second-order valence-corrected chi connectivity index (χ2v) is 4.31. The van der Waals surface area contributed by atoms with Crippen LogP contribution in [0.4, 0.5) is 0 Å². The van der Waals surface area contributed by atoms with Crippen molar-refractivity contribution in [1.82, 2.24) is 4.90 Å². The second-order valence-electron chi connectivity index (χ2n) is 4.31. The van der Waals surface area contributed by atoms with Gasteiger partial charge in [0.1, 0.15) is 0 Å². The number of fused-ring (bicyclic) bond motifs is 1. The zero-order valence-corrected chi connectivity index (χ0v) is 6.64. The minimum atomic E-state index is 0.764. The van der Waals surface area contributed by atoms with Crippen molar-refractivity contribution in [2.24, 2.45) is 11.8 Å². The second kappa shape index (κ2) is 1.42. The summed E-state index contributed by atoms with van der Waals surface area (Å²) in [6, 6.07) is 0. The summed E-state index contributed by atoms with van der Waals surface area (Å²) >= 11 is 0. The smallest absolute Gasteiger partial charge is 0.0269 e. The summed E-state index contributed by atoms with van der Waals surface area (Å²) in [5.41, 5.74) is 0.764. The van der Waals surface area contributed by atoms with E-state index in [1.165, 1.54) is 32.2 Å². The maximum absolute atomic E-state index is 2.63. The van der Waals surface area contributed by atoms with E-state index < -0.39 is 0 Å². The van der Waals surface area contributed by atoms with Gasteiger partial charge in [-0.3, -0.25) is 0 Å². The molecule has 0 radical (unpaired) electrons. The Morgan fingerprint density at radius 3 is 2.80 bits per heavy atom. The molecular weight excluding hydrogens is 122 g/mol. The molecule has 0 N–H and O–H groups in total. The van der Waals surface area contributed by atoms with Gasteiger partial charge in [0.25, 0.3) is 0 Å². The third-order valence-corrected chi connectivity index (χ3v) is 4.24. The average Bonchev–Trinajstić information content (AvgIpc) is 2.30. The van der Waals surface area contributed by atoms with Gasteiger partial charge in [0, 0.05) is 5.54 Å². The Kier molecular flexibility index (Phi) is 0.797. The van der Waals surface area contributed by atoms with Gasteiger partial charge in [-0.1, -0.05) is 6.42 Å². The Bertz CT molecular complexity index is 164. The highest BCUT2D eigenvalue weighted by atomic mass is 15.3. The molecule has 2 saturated carbocycles. The van der Waals surface area contributed by atoms with E-state index in [4.69, 9.17) is 0 Å². The molecular formula is C9H15N. The first-order chi connectivity index (χ1) is 4.86. The molecule has 3 rings (SSSR count). The molecule has 1 saturated heterocycles. The molecule has 2 unspecified atom stereocenters. The summed E-state index contributed by atoms with van der Waals surface area (Å²) in [5.74, 6) is 2.26. The van der Waals surface area contributed by atoms with Crippen molar-refractivity contribution in [2.45, 2.75) is 31.2 Å². The zero-order valence-electron chi connectivity index (χ0n) is 6.64. The molecule has 1 heterocycles. The standard InChI is InChI=1S/C9H15N/c1-10-6-4-8-7-3-2-5-9(7,8)10/h7-8H,2-6H2,1H3/t7?,8?,9-/m0/s1. The largest absolute Gasteiger partial charge is 0.300 e. The summed E-state index contributed by atoms with van der Waals surface area (Å²) in [5, 5.41) is 0. The van der Waals surface area contributed by atoms with Crippen LogP contribution in [0.2, 0.25) is 0 Å². The highest BCUT2D eigenvalue weighted by molar-refractivity contribution is 5.24. The van der Waals surface area contributed by atoms with Crippen LogP contribution in [-0.2, 0) is 0 Å². The molecule has 0 amide bonds. The molecule has 1 aliphatic heterocycles. The quantitative estimate of drug-likeness (QED) is 0.489. The van der Waals surface area contributed by atoms with Gasteiger partial charge in [-0.2, -0.15) is 0 Å². The van der Waals surface area contributed by atoms with E-state index in [2.05, 4.69) is 11.9 Å². The first-order valence-corrected chi connectivity index (χ1v) is 4.57. The fourth-order valence-corrected chi connectivity index (χ4v) is 3.76. The van der Waals surface area contributed by atoms with Crippen LogP contribution >= 0.6 is 0 Å². The van der Waals surface area contributed by atoms with Crippen molar-refractivity contribution in [1.29, 1.82) is 0 Å². The van der Waals surface area contributed by atoms with Gasteiger partial charge in [0.15, 0.2) is 0 Å². The summed E-state index contributed by atoms with van der Waals surface area (Å²) in [7, 11) is 2.32. The summed E-state index contributed by atoms with van der Waals surface area (Å²) in [6.07, 6.45) is 6.06. The maximum atomic E-state index is 2.63. The first kappa shape index (κ1) is 5.59. The number of rotatable bonds is 0. The van der Waals surface area contributed by atoms with Gasteiger partial charge >= 0.3 is 0 Å². The lowest BCUT2D eigenvalue weighted by Gasteiger charge is -2.21. The average molecular weight is 137 g/mol. The lowest BCUT2D eigenvalue weighted by atomic mass is 10.1. The summed E-state index contributed by atoms with van der Waals surface area (Å²) < 4.78 is 0. The molecule has 1 heteroatoms. The Morgan fingerprint density at radius 2 is 2.10 bits per heavy atom. The monoisotopic (exact) mass is 137 g/mol. The Balaban J connectivity index is 1.97. The molecule has 0 aromatic carbocycles. The SMILES string of the molecule is CN1CCC2C3CCC[C@]321. The van der Waals surface area contributed by atoms with Gasteiger partial charge in [0.2, 0.25) is 0 Å². The van der Waals surface area contributed by atoms with Crippen LogP contribution in [0.1, 0.15) is 25.7 Å². The van der Waals surface area contributed by atoms with Crippen LogP contribution in [-0.4, -0.2) is 24.0 Å². The third-order valence-electron chi connectivity index (χ3n) is 4.24. The third kappa shape index (κ3) is 0.378. The van der Waals surface area contributed by atoms with E-state index in [0.29, 0.717) is 0 Å². The Morgan fingerprint density at radius 1 is 1.30 bits per heavy atom. The highest BCUT2D eigenvalue weighted by Crippen LogP contribution is 2.68. The van der Waals surface area contributed by atoms with E-state index in [0.717, 1.165) is 17.4 Å². The molecule has 2 aliphatic carbocycles.